The highest BCUT2D eigenvalue weighted by molar-refractivity contribution is 5.87. The van der Waals surface area contributed by atoms with Gasteiger partial charge in [0.15, 0.2) is 5.82 Å². The van der Waals surface area contributed by atoms with Crippen LogP contribution in [0.4, 0.5) is 10.7 Å². The number of methoxy groups -OCH3 is 1. The molecule has 0 radical (unpaired) electrons. The maximum atomic E-state index is 11.7. The number of amides is 2. The number of aryl methyl sites for hydroxylation is 2. The van der Waals surface area contributed by atoms with Gasteiger partial charge in [-0.2, -0.15) is 9.97 Å². The Bertz CT molecular complexity index is 607. The summed E-state index contributed by atoms with van der Waals surface area (Å²) in [4.78, 5) is 19.9. The molecule has 0 saturated heterocycles. The van der Waals surface area contributed by atoms with Crippen LogP contribution in [0.2, 0.25) is 0 Å². The summed E-state index contributed by atoms with van der Waals surface area (Å²) in [5, 5.41) is 12.9. The van der Waals surface area contributed by atoms with Crippen molar-refractivity contribution in [2.45, 2.75) is 26.5 Å². The van der Waals surface area contributed by atoms with Crippen molar-refractivity contribution in [3.63, 3.8) is 0 Å². The van der Waals surface area contributed by atoms with E-state index in [9.17, 15) is 4.79 Å². The minimum absolute atomic E-state index is 0.131. The van der Waals surface area contributed by atoms with Crippen LogP contribution in [0.5, 0.6) is 0 Å². The molecular formula is C11H17N7O3. The third kappa shape index (κ3) is 3.99. The molecule has 21 heavy (non-hydrogen) atoms. The highest BCUT2D eigenvalue weighted by Crippen LogP contribution is 2.02. The van der Waals surface area contributed by atoms with Gasteiger partial charge >= 0.3 is 6.03 Å². The van der Waals surface area contributed by atoms with E-state index in [1.165, 1.54) is 7.11 Å². The fourth-order valence-corrected chi connectivity index (χ4v) is 1.63. The number of ether oxygens (including phenoxy) is 1. The van der Waals surface area contributed by atoms with Gasteiger partial charge in [-0.15, -0.1) is 5.10 Å². The molecule has 0 aliphatic carbocycles. The summed E-state index contributed by atoms with van der Waals surface area (Å²) in [5.41, 5.74) is 0. The van der Waals surface area contributed by atoms with Gasteiger partial charge in [0.05, 0.1) is 6.54 Å². The summed E-state index contributed by atoms with van der Waals surface area (Å²) >= 11 is 0. The number of rotatable bonds is 6. The van der Waals surface area contributed by atoms with Crippen LogP contribution in [0.25, 0.3) is 0 Å². The Labute approximate surface area is 120 Å². The molecular weight excluding hydrogens is 278 g/mol. The molecule has 0 atom stereocenters. The second-order valence-corrected chi connectivity index (χ2v) is 4.17. The summed E-state index contributed by atoms with van der Waals surface area (Å²) in [5.74, 6) is 1.75. The van der Waals surface area contributed by atoms with Gasteiger partial charge in [0, 0.05) is 20.6 Å². The number of nitrogens with zero attached hydrogens (tertiary/aromatic N) is 5. The molecule has 0 fully saturated rings. The summed E-state index contributed by atoms with van der Waals surface area (Å²) in [6, 6.07) is -0.443. The largest absolute Gasteiger partial charge is 0.375 e. The first-order valence-electron chi connectivity index (χ1n) is 6.37. The fourth-order valence-electron chi connectivity index (χ4n) is 1.63. The van der Waals surface area contributed by atoms with Crippen LogP contribution in [0.3, 0.4) is 0 Å². The lowest BCUT2D eigenvalue weighted by atomic mass is 10.5. The van der Waals surface area contributed by atoms with Crippen molar-refractivity contribution in [2.24, 2.45) is 7.05 Å². The average molecular weight is 295 g/mol. The van der Waals surface area contributed by atoms with Gasteiger partial charge in [0.2, 0.25) is 5.95 Å². The Kier molecular flexibility index (Phi) is 4.82. The molecule has 0 bridgehead atoms. The molecule has 10 nitrogen and oxygen atoms in total. The zero-order chi connectivity index (χ0) is 15.2. The number of carbonyl (C=O) groups is 1. The molecule has 0 spiro atoms. The molecule has 2 amide bonds. The predicted octanol–water partition coefficient (Wildman–Crippen LogP) is 0.229. The van der Waals surface area contributed by atoms with Crippen molar-refractivity contribution >= 4 is 12.0 Å². The van der Waals surface area contributed by atoms with E-state index in [2.05, 4.69) is 30.9 Å². The lowest BCUT2D eigenvalue weighted by Crippen LogP contribution is -2.29. The molecule has 0 aliphatic heterocycles. The van der Waals surface area contributed by atoms with E-state index in [0.29, 0.717) is 11.7 Å². The zero-order valence-corrected chi connectivity index (χ0v) is 12.1. The van der Waals surface area contributed by atoms with E-state index in [0.717, 1.165) is 12.2 Å². The minimum Gasteiger partial charge on any atom is -0.375 e. The zero-order valence-electron chi connectivity index (χ0n) is 12.1. The summed E-state index contributed by atoms with van der Waals surface area (Å²) in [7, 11) is 3.30. The van der Waals surface area contributed by atoms with E-state index in [4.69, 9.17) is 9.26 Å². The highest BCUT2D eigenvalue weighted by atomic mass is 16.5. The number of hydrogen-bond donors (Lipinski definition) is 2. The van der Waals surface area contributed by atoms with Gasteiger partial charge < -0.3 is 14.6 Å². The SMILES string of the molecule is CCc1nc(NC(=O)NCc2noc(COC)n2)nn1C. The van der Waals surface area contributed by atoms with Gasteiger partial charge in [-0.25, -0.2) is 4.79 Å². The van der Waals surface area contributed by atoms with Gasteiger partial charge in [-0.1, -0.05) is 12.1 Å². The van der Waals surface area contributed by atoms with Gasteiger partial charge in [0.25, 0.3) is 5.89 Å². The average Bonchev–Trinajstić information content (AvgIpc) is 3.03. The summed E-state index contributed by atoms with van der Waals surface area (Å²) in [6.07, 6.45) is 0.734. The topological polar surface area (TPSA) is 120 Å². The standard InChI is InChI=1S/C11H17N7O3/c1-4-8-14-10(16-18(8)2)15-11(19)12-5-7-13-9(6-20-3)21-17-7/h4-6H2,1-3H3,(H2,12,15,16,19). The monoisotopic (exact) mass is 295 g/mol. The molecule has 2 N–H and O–H groups in total. The predicted molar refractivity (Wildman–Crippen MR) is 71.3 cm³/mol. The molecule has 0 aliphatic rings. The highest BCUT2D eigenvalue weighted by Gasteiger charge is 2.10. The summed E-state index contributed by atoms with van der Waals surface area (Å²) < 4.78 is 11.4. The van der Waals surface area contributed by atoms with Crippen LogP contribution >= 0.6 is 0 Å². The number of urea groups is 1. The minimum atomic E-state index is -0.443. The molecule has 114 valence electrons. The lowest BCUT2D eigenvalue weighted by Gasteiger charge is -2.01. The fraction of sp³-hybridized carbons (Fsp3) is 0.545. The molecule has 0 aromatic carbocycles. The van der Waals surface area contributed by atoms with Crippen LogP contribution in [0.1, 0.15) is 24.5 Å². The van der Waals surface area contributed by atoms with E-state index in [1.54, 1.807) is 11.7 Å². The van der Waals surface area contributed by atoms with Crippen molar-refractivity contribution in [3.05, 3.63) is 17.5 Å². The Morgan fingerprint density at radius 3 is 2.90 bits per heavy atom. The maximum absolute atomic E-state index is 11.7. The van der Waals surface area contributed by atoms with Gasteiger partial charge in [0.1, 0.15) is 12.4 Å². The van der Waals surface area contributed by atoms with Crippen molar-refractivity contribution in [3.8, 4) is 0 Å². The molecule has 2 rings (SSSR count). The molecule has 2 heterocycles. The van der Waals surface area contributed by atoms with Crippen molar-refractivity contribution in [1.29, 1.82) is 0 Å². The second kappa shape index (κ2) is 6.79. The van der Waals surface area contributed by atoms with E-state index in [1.807, 2.05) is 6.92 Å². The van der Waals surface area contributed by atoms with Crippen LogP contribution < -0.4 is 10.6 Å². The Morgan fingerprint density at radius 1 is 1.43 bits per heavy atom. The van der Waals surface area contributed by atoms with E-state index in [-0.39, 0.29) is 19.1 Å². The van der Waals surface area contributed by atoms with Crippen molar-refractivity contribution in [1.82, 2.24) is 30.2 Å². The Hall–Kier alpha value is -2.49. The second-order valence-electron chi connectivity index (χ2n) is 4.17. The van der Waals surface area contributed by atoms with Crippen LogP contribution in [0.15, 0.2) is 4.52 Å². The first-order valence-corrected chi connectivity index (χ1v) is 6.37. The van der Waals surface area contributed by atoms with Crippen LogP contribution in [0, 0.1) is 0 Å². The van der Waals surface area contributed by atoms with E-state index >= 15 is 0 Å². The number of hydrogen-bond acceptors (Lipinski definition) is 7. The molecule has 2 aromatic heterocycles. The van der Waals surface area contributed by atoms with Crippen LogP contribution in [-0.2, 0) is 31.4 Å². The first kappa shape index (κ1) is 14.9. The molecule has 0 saturated carbocycles. The summed E-state index contributed by atoms with van der Waals surface area (Å²) in [6.45, 7) is 2.32. The van der Waals surface area contributed by atoms with Gasteiger partial charge in [-0.3, -0.25) is 10.00 Å². The normalized spacial score (nSPS) is 10.6. The number of nitrogens with one attached hydrogen (secondary N) is 2. The van der Waals surface area contributed by atoms with Crippen LogP contribution in [-0.4, -0.2) is 38.0 Å². The third-order valence-electron chi connectivity index (χ3n) is 2.58. The molecule has 2 aromatic rings. The maximum Gasteiger partial charge on any atom is 0.322 e. The molecule has 0 unspecified atom stereocenters. The third-order valence-corrected chi connectivity index (χ3v) is 2.58. The smallest absolute Gasteiger partial charge is 0.322 e. The van der Waals surface area contributed by atoms with Crippen molar-refractivity contribution < 1.29 is 14.1 Å². The molecule has 10 heteroatoms. The first-order chi connectivity index (χ1) is 10.1. The quantitative estimate of drug-likeness (QED) is 0.782. The van der Waals surface area contributed by atoms with Gasteiger partial charge in [-0.05, 0) is 0 Å². The van der Waals surface area contributed by atoms with Crippen molar-refractivity contribution in [2.75, 3.05) is 12.4 Å². The number of carbonyl (C=O) groups excluding carboxylic acids is 1. The Morgan fingerprint density at radius 2 is 2.24 bits per heavy atom. The number of aromatic nitrogens is 5. The Balaban J connectivity index is 1.83. The number of anilines is 1. The lowest BCUT2D eigenvalue weighted by molar-refractivity contribution is 0.151. The van der Waals surface area contributed by atoms with E-state index < -0.39 is 6.03 Å².